The molecule has 6 nitrogen and oxygen atoms in total. The van der Waals surface area contributed by atoms with E-state index in [-0.39, 0.29) is 29.5 Å². The maximum atomic E-state index is 13.2. The van der Waals surface area contributed by atoms with Crippen molar-refractivity contribution in [2.75, 3.05) is 33.4 Å². The molecule has 0 N–H and O–H groups in total. The molecule has 0 bridgehead atoms. The van der Waals surface area contributed by atoms with E-state index >= 15 is 0 Å². The highest BCUT2D eigenvalue weighted by molar-refractivity contribution is 6.30. The third-order valence-corrected chi connectivity index (χ3v) is 6.53. The summed E-state index contributed by atoms with van der Waals surface area (Å²) in [6.07, 6.45) is 0.878. The summed E-state index contributed by atoms with van der Waals surface area (Å²) in [6, 6.07) is 12.5. The van der Waals surface area contributed by atoms with Gasteiger partial charge in [-0.1, -0.05) is 23.7 Å². The van der Waals surface area contributed by atoms with Crippen LogP contribution in [0, 0.1) is 11.7 Å². The van der Waals surface area contributed by atoms with Crippen LogP contribution in [0.15, 0.2) is 48.5 Å². The van der Waals surface area contributed by atoms with E-state index in [0.29, 0.717) is 44.2 Å². The number of benzene rings is 2. The molecule has 170 valence electrons. The van der Waals surface area contributed by atoms with Gasteiger partial charge in [-0.3, -0.25) is 4.79 Å². The van der Waals surface area contributed by atoms with Gasteiger partial charge in [-0.25, -0.2) is 9.18 Å². The Bertz CT molecular complexity index is 947. The van der Waals surface area contributed by atoms with Gasteiger partial charge in [0.25, 0.3) is 0 Å². The Balaban J connectivity index is 1.53. The lowest BCUT2D eigenvalue weighted by atomic mass is 9.93. The van der Waals surface area contributed by atoms with Crippen molar-refractivity contribution in [2.45, 2.75) is 24.8 Å². The van der Waals surface area contributed by atoms with Gasteiger partial charge in [-0.05, 0) is 54.8 Å². The van der Waals surface area contributed by atoms with Crippen molar-refractivity contribution in [3.63, 3.8) is 0 Å². The predicted octanol–water partition coefficient (Wildman–Crippen LogP) is 4.33. The molecule has 32 heavy (non-hydrogen) atoms. The van der Waals surface area contributed by atoms with Crippen LogP contribution < -0.4 is 4.74 Å². The van der Waals surface area contributed by atoms with Crippen LogP contribution in [0.5, 0.6) is 5.75 Å². The summed E-state index contributed by atoms with van der Waals surface area (Å²) < 4.78 is 24.0. The highest BCUT2D eigenvalue weighted by atomic mass is 35.5. The zero-order valence-electron chi connectivity index (χ0n) is 17.9. The predicted molar refractivity (Wildman–Crippen MR) is 118 cm³/mol. The Morgan fingerprint density at radius 3 is 2.38 bits per heavy atom. The van der Waals surface area contributed by atoms with Gasteiger partial charge in [0.1, 0.15) is 11.6 Å². The molecule has 8 heteroatoms. The third-order valence-electron chi connectivity index (χ3n) is 6.27. The van der Waals surface area contributed by atoms with Crippen molar-refractivity contribution in [3.05, 3.63) is 64.9 Å². The number of hydrogen-bond acceptors (Lipinski definition) is 4. The smallest absolute Gasteiger partial charge is 0.410 e. The number of amides is 2. The molecule has 2 atom stereocenters. The van der Waals surface area contributed by atoms with E-state index in [1.807, 2.05) is 29.2 Å². The van der Waals surface area contributed by atoms with E-state index in [2.05, 4.69) is 0 Å². The standard InChI is InChI=1S/C24H26ClFN2O4/c1-27(24(30)32-20-8-6-19(26)7-9-20)22-15-28(23(29)17-10-12-31-13-11-17)14-21(22)16-2-4-18(25)5-3-16/h2-9,17,21-22H,10-15H2,1H3/t21-,22+/m0/s1. The molecule has 0 aromatic heterocycles. The highest BCUT2D eigenvalue weighted by Gasteiger charge is 2.42. The van der Waals surface area contributed by atoms with Gasteiger partial charge in [-0.15, -0.1) is 0 Å². The molecule has 0 aliphatic carbocycles. The van der Waals surface area contributed by atoms with Crippen LogP contribution in [0.25, 0.3) is 0 Å². The topological polar surface area (TPSA) is 59.1 Å². The molecule has 2 heterocycles. The number of likely N-dealkylation sites (N-methyl/N-ethyl adjacent to an activating group) is 1. The molecule has 2 amide bonds. The van der Waals surface area contributed by atoms with Gasteiger partial charge in [0, 0.05) is 50.2 Å². The minimum atomic E-state index is -0.555. The van der Waals surface area contributed by atoms with Gasteiger partial charge in [0.05, 0.1) is 6.04 Å². The van der Waals surface area contributed by atoms with E-state index in [1.165, 1.54) is 29.2 Å². The van der Waals surface area contributed by atoms with Gasteiger partial charge >= 0.3 is 6.09 Å². The quantitative estimate of drug-likeness (QED) is 0.681. The van der Waals surface area contributed by atoms with Gasteiger partial charge in [0.15, 0.2) is 0 Å². The molecule has 2 aliphatic heterocycles. The maximum absolute atomic E-state index is 13.2. The molecule has 0 unspecified atom stereocenters. The second kappa shape index (κ2) is 9.88. The number of ether oxygens (including phenoxy) is 2. The van der Waals surface area contributed by atoms with Crippen LogP contribution in [0.2, 0.25) is 5.02 Å². The van der Waals surface area contributed by atoms with E-state index in [1.54, 1.807) is 7.05 Å². The maximum Gasteiger partial charge on any atom is 0.415 e. The largest absolute Gasteiger partial charge is 0.415 e. The Hall–Kier alpha value is -2.64. The lowest BCUT2D eigenvalue weighted by molar-refractivity contribution is -0.137. The summed E-state index contributed by atoms with van der Waals surface area (Å²) in [5, 5.41) is 0.627. The Morgan fingerprint density at radius 2 is 1.72 bits per heavy atom. The molecule has 2 aliphatic rings. The first-order valence-corrected chi connectivity index (χ1v) is 11.1. The molecule has 0 spiro atoms. The van der Waals surface area contributed by atoms with Gasteiger partial charge < -0.3 is 19.3 Å². The van der Waals surface area contributed by atoms with E-state index in [0.717, 1.165) is 5.56 Å². The molecule has 2 aromatic rings. The van der Waals surface area contributed by atoms with E-state index in [4.69, 9.17) is 21.1 Å². The molecule has 0 saturated carbocycles. The fourth-order valence-electron chi connectivity index (χ4n) is 4.41. The number of halogens is 2. The molecule has 2 saturated heterocycles. The minimum Gasteiger partial charge on any atom is -0.410 e. The number of rotatable bonds is 4. The Labute approximate surface area is 191 Å². The van der Waals surface area contributed by atoms with E-state index in [9.17, 15) is 14.0 Å². The molecular weight excluding hydrogens is 435 g/mol. The number of carbonyl (C=O) groups is 2. The minimum absolute atomic E-state index is 0.0511. The van der Waals surface area contributed by atoms with Crippen molar-refractivity contribution in [2.24, 2.45) is 5.92 Å². The fourth-order valence-corrected chi connectivity index (χ4v) is 4.54. The number of nitrogens with zero attached hydrogens (tertiary/aromatic N) is 2. The van der Waals surface area contributed by atoms with Crippen molar-refractivity contribution in [1.82, 2.24) is 9.80 Å². The Morgan fingerprint density at radius 1 is 1.06 bits per heavy atom. The van der Waals surface area contributed by atoms with Crippen molar-refractivity contribution < 1.29 is 23.5 Å². The summed E-state index contributed by atoms with van der Waals surface area (Å²) in [4.78, 5) is 29.4. The third kappa shape index (κ3) is 5.05. The summed E-state index contributed by atoms with van der Waals surface area (Å²) in [5.74, 6) is -0.167. The zero-order valence-corrected chi connectivity index (χ0v) is 18.6. The van der Waals surface area contributed by atoms with Crippen LogP contribution in [0.1, 0.15) is 24.3 Å². The normalized spacial score (nSPS) is 21.4. The molecular formula is C24H26ClFN2O4. The van der Waals surface area contributed by atoms with Gasteiger partial charge in [-0.2, -0.15) is 0 Å². The molecule has 2 aromatic carbocycles. The van der Waals surface area contributed by atoms with Crippen molar-refractivity contribution in [1.29, 1.82) is 0 Å². The summed E-state index contributed by atoms with van der Waals surface area (Å²) >= 11 is 6.06. The first-order valence-electron chi connectivity index (χ1n) is 10.7. The lowest BCUT2D eigenvalue weighted by Crippen LogP contribution is -2.44. The number of hydrogen-bond donors (Lipinski definition) is 0. The molecule has 4 rings (SSSR count). The average Bonchev–Trinajstić information content (AvgIpc) is 3.26. The van der Waals surface area contributed by atoms with Crippen LogP contribution in [0.3, 0.4) is 0 Å². The summed E-state index contributed by atoms with van der Waals surface area (Å²) in [5.41, 5.74) is 1.00. The van der Waals surface area contributed by atoms with Crippen LogP contribution in [-0.4, -0.2) is 61.2 Å². The highest BCUT2D eigenvalue weighted by Crippen LogP contribution is 2.33. The van der Waals surface area contributed by atoms with Crippen LogP contribution in [-0.2, 0) is 9.53 Å². The lowest BCUT2D eigenvalue weighted by Gasteiger charge is -2.28. The first kappa shape index (κ1) is 22.6. The van der Waals surface area contributed by atoms with Crippen molar-refractivity contribution >= 4 is 23.6 Å². The van der Waals surface area contributed by atoms with Crippen molar-refractivity contribution in [3.8, 4) is 5.75 Å². The number of carbonyl (C=O) groups excluding carboxylic acids is 2. The number of likely N-dealkylation sites (tertiary alicyclic amines) is 1. The molecule has 2 fully saturated rings. The van der Waals surface area contributed by atoms with Crippen LogP contribution >= 0.6 is 11.6 Å². The fraction of sp³-hybridized carbons (Fsp3) is 0.417. The SMILES string of the molecule is CN(C(=O)Oc1ccc(F)cc1)[C@@H]1CN(C(=O)C2CCOCC2)C[C@H]1c1ccc(Cl)cc1. The van der Waals surface area contributed by atoms with Crippen LogP contribution in [0.4, 0.5) is 9.18 Å². The second-order valence-corrected chi connectivity index (χ2v) is 8.72. The first-order chi connectivity index (χ1) is 15.4. The summed E-state index contributed by atoms with van der Waals surface area (Å²) in [6.45, 7) is 2.12. The zero-order chi connectivity index (χ0) is 22.7. The average molecular weight is 461 g/mol. The second-order valence-electron chi connectivity index (χ2n) is 8.29. The Kier molecular flexibility index (Phi) is 6.96. The molecule has 0 radical (unpaired) electrons. The van der Waals surface area contributed by atoms with Gasteiger partial charge in [0.2, 0.25) is 5.91 Å². The van der Waals surface area contributed by atoms with E-state index < -0.39 is 11.9 Å². The summed E-state index contributed by atoms with van der Waals surface area (Å²) in [7, 11) is 1.67. The monoisotopic (exact) mass is 460 g/mol.